The van der Waals surface area contributed by atoms with Gasteiger partial charge in [0.25, 0.3) is 0 Å². The molecule has 0 radical (unpaired) electrons. The molecule has 0 spiro atoms. The zero-order valence-electron chi connectivity index (χ0n) is 17.0. The number of ether oxygens (including phenoxy) is 4. The molecule has 0 aliphatic carbocycles. The first kappa shape index (κ1) is 23.6. The monoisotopic (exact) mass is 390 g/mol. The lowest BCUT2D eigenvalue weighted by Gasteiger charge is -2.41. The van der Waals surface area contributed by atoms with Gasteiger partial charge in [-0.15, -0.1) is 0 Å². The summed E-state index contributed by atoms with van der Waals surface area (Å²) in [6.45, 7) is 12.8. The van der Waals surface area contributed by atoms with Gasteiger partial charge in [-0.1, -0.05) is 83.4 Å². The molecule has 0 aliphatic rings. The topological polar surface area (TPSA) is 57.2 Å². The molecule has 0 saturated heterocycles. The second kappa shape index (κ2) is 12.9. The van der Waals surface area contributed by atoms with Crippen molar-refractivity contribution in [2.45, 2.75) is 70.1 Å². The lowest BCUT2D eigenvalue weighted by Crippen LogP contribution is -2.61. The maximum Gasteiger partial charge on any atom is 0.485 e. The van der Waals surface area contributed by atoms with Gasteiger partial charge in [0.05, 0.1) is 18.8 Å². The highest BCUT2D eigenvalue weighted by atomic mass is 16.9. The normalized spacial score (nSPS) is 13.1. The van der Waals surface area contributed by atoms with Gasteiger partial charge in [-0.3, -0.25) is 0 Å². The van der Waals surface area contributed by atoms with Gasteiger partial charge >= 0.3 is 11.8 Å². The van der Waals surface area contributed by atoms with Gasteiger partial charge in [0.1, 0.15) is 5.75 Å². The molecule has 1 unspecified atom stereocenters. The number of aliphatic hydroxyl groups is 1. The molecular weight excluding hydrogens is 356 g/mol. The molecule has 0 heterocycles. The van der Waals surface area contributed by atoms with Crippen LogP contribution in [0.1, 0.15) is 58.3 Å². The Kier molecular flexibility index (Phi) is 10.9. The molecule has 5 heteroatoms. The summed E-state index contributed by atoms with van der Waals surface area (Å²) in [4.78, 5) is 0. The molecule has 0 amide bonds. The van der Waals surface area contributed by atoms with Gasteiger partial charge < -0.3 is 24.1 Å². The van der Waals surface area contributed by atoms with Crippen LogP contribution in [0.2, 0.25) is 0 Å². The van der Waals surface area contributed by atoms with E-state index in [2.05, 4.69) is 26.7 Å². The lowest BCUT2D eigenvalue weighted by molar-refractivity contribution is -0.439. The maximum atomic E-state index is 11.5. The van der Waals surface area contributed by atoms with Crippen molar-refractivity contribution in [1.29, 1.82) is 0 Å². The largest absolute Gasteiger partial charge is 0.485 e. The molecule has 0 fully saturated rings. The van der Waals surface area contributed by atoms with E-state index in [-0.39, 0.29) is 6.42 Å². The van der Waals surface area contributed by atoms with Crippen LogP contribution in [0.25, 0.3) is 0 Å². The number of hydrogen-bond acceptors (Lipinski definition) is 5. The minimum atomic E-state index is -2.02. The zero-order chi connectivity index (χ0) is 20.7. The van der Waals surface area contributed by atoms with Gasteiger partial charge in [-0.25, -0.2) is 0 Å². The van der Waals surface area contributed by atoms with Crippen LogP contribution in [0.15, 0.2) is 68.9 Å². The second-order valence-electron chi connectivity index (χ2n) is 6.48. The summed E-state index contributed by atoms with van der Waals surface area (Å²) >= 11 is 0. The van der Waals surface area contributed by atoms with Crippen molar-refractivity contribution in [2.24, 2.45) is 0 Å². The van der Waals surface area contributed by atoms with E-state index in [1.54, 1.807) is 12.1 Å². The highest BCUT2D eigenvalue weighted by molar-refractivity contribution is 5.22. The molecule has 0 aromatic heterocycles. The highest BCUT2D eigenvalue weighted by Crippen LogP contribution is 2.37. The molecule has 1 N–H and O–H groups in total. The molecule has 1 aromatic carbocycles. The first-order valence-corrected chi connectivity index (χ1v) is 9.90. The van der Waals surface area contributed by atoms with E-state index in [9.17, 15) is 5.11 Å². The Labute approximate surface area is 169 Å². The molecule has 28 heavy (non-hydrogen) atoms. The Morgan fingerprint density at radius 1 is 0.821 bits per heavy atom. The zero-order valence-corrected chi connectivity index (χ0v) is 17.0. The predicted molar refractivity (Wildman–Crippen MR) is 111 cm³/mol. The SMILES string of the molecule is C=COC(OC=C)(OC=C)C(O)(CCCCCCCCC)Oc1ccccc1. The number of benzene rings is 1. The molecule has 0 aliphatic heterocycles. The van der Waals surface area contributed by atoms with E-state index in [1.807, 2.05) is 18.2 Å². The van der Waals surface area contributed by atoms with Gasteiger partial charge in [-0.2, -0.15) is 0 Å². The van der Waals surface area contributed by atoms with Crippen molar-refractivity contribution < 1.29 is 24.1 Å². The van der Waals surface area contributed by atoms with E-state index in [0.717, 1.165) is 31.6 Å². The lowest BCUT2D eigenvalue weighted by atomic mass is 10.0. The average Bonchev–Trinajstić information content (AvgIpc) is 2.68. The van der Waals surface area contributed by atoms with E-state index < -0.39 is 11.8 Å². The third kappa shape index (κ3) is 6.97. The van der Waals surface area contributed by atoms with Gasteiger partial charge in [-0.05, 0) is 18.6 Å². The van der Waals surface area contributed by atoms with Gasteiger partial charge in [0.15, 0.2) is 0 Å². The van der Waals surface area contributed by atoms with Crippen molar-refractivity contribution in [3.63, 3.8) is 0 Å². The summed E-state index contributed by atoms with van der Waals surface area (Å²) in [7, 11) is 0. The molecule has 156 valence electrons. The van der Waals surface area contributed by atoms with E-state index >= 15 is 0 Å². The Balaban J connectivity index is 2.98. The Hall–Kier alpha value is -2.40. The van der Waals surface area contributed by atoms with Crippen LogP contribution in [0.5, 0.6) is 5.75 Å². The molecule has 0 saturated carbocycles. The Morgan fingerprint density at radius 2 is 1.32 bits per heavy atom. The number of hydrogen-bond donors (Lipinski definition) is 1. The maximum absolute atomic E-state index is 11.5. The molecule has 1 rings (SSSR count). The average molecular weight is 391 g/mol. The van der Waals surface area contributed by atoms with Gasteiger partial charge in [0, 0.05) is 6.42 Å². The quantitative estimate of drug-likeness (QED) is 0.200. The fraction of sp³-hybridized carbons (Fsp3) is 0.478. The Bertz CT molecular complexity index is 545. The third-order valence-corrected chi connectivity index (χ3v) is 4.34. The van der Waals surface area contributed by atoms with Crippen LogP contribution in [-0.4, -0.2) is 16.9 Å². The minimum absolute atomic E-state index is 0.213. The van der Waals surface area contributed by atoms with E-state index in [4.69, 9.17) is 18.9 Å². The summed E-state index contributed by atoms with van der Waals surface area (Å²) in [6, 6.07) is 8.94. The van der Waals surface area contributed by atoms with Crippen molar-refractivity contribution in [1.82, 2.24) is 0 Å². The van der Waals surface area contributed by atoms with Crippen LogP contribution < -0.4 is 4.74 Å². The molecule has 0 bridgehead atoms. The summed E-state index contributed by atoms with van der Waals surface area (Å²) in [5.74, 6) is -3.53. The van der Waals surface area contributed by atoms with Crippen molar-refractivity contribution in [3.05, 3.63) is 68.9 Å². The summed E-state index contributed by atoms with van der Waals surface area (Å²) in [5.41, 5.74) is 0. The van der Waals surface area contributed by atoms with E-state index in [1.165, 1.54) is 25.7 Å². The number of unbranched alkanes of at least 4 members (excludes halogenated alkanes) is 6. The first-order chi connectivity index (χ1) is 13.6. The second-order valence-corrected chi connectivity index (χ2v) is 6.48. The molecule has 1 atom stereocenters. The van der Waals surface area contributed by atoms with Gasteiger partial charge in [0.2, 0.25) is 0 Å². The summed E-state index contributed by atoms with van der Waals surface area (Å²) in [5, 5.41) is 11.5. The summed E-state index contributed by atoms with van der Waals surface area (Å²) < 4.78 is 22.3. The molecule has 1 aromatic rings. The smallest absolute Gasteiger partial charge is 0.451 e. The van der Waals surface area contributed by atoms with Crippen LogP contribution >= 0.6 is 0 Å². The fourth-order valence-corrected chi connectivity index (χ4v) is 2.96. The van der Waals surface area contributed by atoms with Crippen LogP contribution in [0.4, 0.5) is 0 Å². The minimum Gasteiger partial charge on any atom is -0.451 e. The van der Waals surface area contributed by atoms with E-state index in [0.29, 0.717) is 12.2 Å². The highest BCUT2D eigenvalue weighted by Gasteiger charge is 2.60. The van der Waals surface area contributed by atoms with Crippen LogP contribution in [-0.2, 0) is 14.2 Å². The van der Waals surface area contributed by atoms with Crippen molar-refractivity contribution >= 4 is 0 Å². The first-order valence-electron chi connectivity index (χ1n) is 9.90. The Morgan fingerprint density at radius 3 is 1.82 bits per heavy atom. The summed E-state index contributed by atoms with van der Waals surface area (Å²) in [6.07, 6.45) is 11.2. The number of rotatable bonds is 17. The standard InChI is InChI=1S/C23H34O5/c1-5-9-10-11-12-13-17-20-22(24,28-21-18-15-14-16-19-21)23(25-6-2,26-7-3)27-8-4/h6-8,14-16,18-19,24H,2-5,9-13,17,20H2,1H3. The van der Waals surface area contributed by atoms with Crippen LogP contribution in [0, 0.1) is 0 Å². The third-order valence-electron chi connectivity index (χ3n) is 4.34. The predicted octanol–water partition coefficient (Wildman–Crippen LogP) is 6.03. The van der Waals surface area contributed by atoms with Crippen molar-refractivity contribution in [3.8, 4) is 5.75 Å². The van der Waals surface area contributed by atoms with Crippen LogP contribution in [0.3, 0.4) is 0 Å². The van der Waals surface area contributed by atoms with Crippen molar-refractivity contribution in [2.75, 3.05) is 0 Å². The fourth-order valence-electron chi connectivity index (χ4n) is 2.96. The molecule has 5 nitrogen and oxygen atoms in total. The number of para-hydroxylation sites is 1. The molecular formula is C23H34O5.